The summed E-state index contributed by atoms with van der Waals surface area (Å²) in [6.07, 6.45) is 0. The molecule has 1 heterocycles. The van der Waals surface area contributed by atoms with E-state index in [1.807, 2.05) is 24.3 Å². The molecule has 0 amide bonds. The smallest absolute Gasteiger partial charge is 0.137 e. The van der Waals surface area contributed by atoms with E-state index in [0.717, 1.165) is 18.8 Å². The standard InChI is InChI=1S/C13H14ClNOS/c14-12-5-1-2-6-13(12)16-8-7-15-10-11-4-3-9-17-11/h1-6,9,15H,7-8,10H2. The van der Waals surface area contributed by atoms with Crippen LogP contribution in [-0.2, 0) is 6.54 Å². The summed E-state index contributed by atoms with van der Waals surface area (Å²) in [5.41, 5.74) is 0. The molecule has 2 aromatic rings. The molecule has 0 spiro atoms. The maximum atomic E-state index is 5.97. The van der Waals surface area contributed by atoms with Gasteiger partial charge in [0.15, 0.2) is 0 Å². The number of hydrogen-bond donors (Lipinski definition) is 1. The van der Waals surface area contributed by atoms with Crippen molar-refractivity contribution < 1.29 is 4.74 Å². The summed E-state index contributed by atoms with van der Waals surface area (Å²) < 4.78 is 5.57. The van der Waals surface area contributed by atoms with Crippen molar-refractivity contribution in [3.63, 3.8) is 0 Å². The number of hydrogen-bond acceptors (Lipinski definition) is 3. The highest BCUT2D eigenvalue weighted by molar-refractivity contribution is 7.09. The molecule has 0 bridgehead atoms. The van der Waals surface area contributed by atoms with Crippen LogP contribution >= 0.6 is 22.9 Å². The highest BCUT2D eigenvalue weighted by atomic mass is 35.5. The van der Waals surface area contributed by atoms with Crippen molar-refractivity contribution in [3.05, 3.63) is 51.7 Å². The molecule has 90 valence electrons. The number of para-hydroxylation sites is 1. The van der Waals surface area contributed by atoms with E-state index in [-0.39, 0.29) is 0 Å². The minimum absolute atomic E-state index is 0.620. The zero-order valence-electron chi connectivity index (χ0n) is 9.36. The van der Waals surface area contributed by atoms with E-state index in [4.69, 9.17) is 16.3 Å². The molecule has 0 unspecified atom stereocenters. The summed E-state index contributed by atoms with van der Waals surface area (Å²) in [5.74, 6) is 0.743. The highest BCUT2D eigenvalue weighted by Crippen LogP contribution is 2.22. The van der Waals surface area contributed by atoms with Crippen molar-refractivity contribution in [1.82, 2.24) is 5.32 Å². The fourth-order valence-corrected chi connectivity index (χ4v) is 2.28. The topological polar surface area (TPSA) is 21.3 Å². The lowest BCUT2D eigenvalue weighted by molar-refractivity contribution is 0.314. The monoisotopic (exact) mass is 267 g/mol. The lowest BCUT2D eigenvalue weighted by atomic mass is 10.3. The molecule has 0 saturated carbocycles. The van der Waals surface area contributed by atoms with E-state index < -0.39 is 0 Å². The molecule has 4 heteroatoms. The normalized spacial score (nSPS) is 10.4. The van der Waals surface area contributed by atoms with Gasteiger partial charge in [0.25, 0.3) is 0 Å². The van der Waals surface area contributed by atoms with Crippen LogP contribution in [0, 0.1) is 0 Å². The molecule has 1 aromatic heterocycles. The number of nitrogens with one attached hydrogen (secondary N) is 1. The molecule has 2 rings (SSSR count). The summed E-state index contributed by atoms with van der Waals surface area (Å²) >= 11 is 7.73. The zero-order valence-corrected chi connectivity index (χ0v) is 10.9. The van der Waals surface area contributed by atoms with E-state index >= 15 is 0 Å². The average molecular weight is 268 g/mol. The maximum Gasteiger partial charge on any atom is 0.137 e. The van der Waals surface area contributed by atoms with E-state index in [2.05, 4.69) is 22.8 Å². The summed E-state index contributed by atoms with van der Waals surface area (Å²) in [6.45, 7) is 2.32. The highest BCUT2D eigenvalue weighted by Gasteiger charge is 1.98. The Morgan fingerprint density at radius 2 is 2.06 bits per heavy atom. The largest absolute Gasteiger partial charge is 0.491 e. The Labute approximate surface area is 110 Å². The van der Waals surface area contributed by atoms with Gasteiger partial charge >= 0.3 is 0 Å². The van der Waals surface area contributed by atoms with Gasteiger partial charge in [0.2, 0.25) is 0 Å². The van der Waals surface area contributed by atoms with Crippen LogP contribution in [0.25, 0.3) is 0 Å². The zero-order chi connectivity index (χ0) is 11.9. The minimum Gasteiger partial charge on any atom is -0.491 e. The first-order valence-electron chi connectivity index (χ1n) is 5.46. The Kier molecular flexibility index (Phi) is 4.86. The third-order valence-electron chi connectivity index (χ3n) is 2.25. The van der Waals surface area contributed by atoms with Crippen LogP contribution in [0.2, 0.25) is 5.02 Å². The van der Waals surface area contributed by atoms with E-state index in [0.29, 0.717) is 11.6 Å². The second-order valence-electron chi connectivity index (χ2n) is 3.54. The van der Waals surface area contributed by atoms with Crippen molar-refractivity contribution in [2.45, 2.75) is 6.54 Å². The van der Waals surface area contributed by atoms with Crippen molar-refractivity contribution in [2.24, 2.45) is 0 Å². The van der Waals surface area contributed by atoms with Gasteiger partial charge in [-0.3, -0.25) is 0 Å². The van der Waals surface area contributed by atoms with Gasteiger partial charge in [0, 0.05) is 18.0 Å². The van der Waals surface area contributed by atoms with Gasteiger partial charge < -0.3 is 10.1 Å². The van der Waals surface area contributed by atoms with Gasteiger partial charge in [-0.05, 0) is 23.6 Å². The number of ether oxygens (including phenoxy) is 1. The van der Waals surface area contributed by atoms with Crippen LogP contribution < -0.4 is 10.1 Å². The Balaban J connectivity index is 1.65. The lowest BCUT2D eigenvalue weighted by Crippen LogP contribution is -2.20. The molecule has 0 saturated heterocycles. The fraction of sp³-hybridized carbons (Fsp3) is 0.231. The fourth-order valence-electron chi connectivity index (χ4n) is 1.42. The lowest BCUT2D eigenvalue weighted by Gasteiger charge is -2.08. The van der Waals surface area contributed by atoms with E-state index in [1.165, 1.54) is 4.88 Å². The molecule has 1 aromatic carbocycles. The molecule has 17 heavy (non-hydrogen) atoms. The minimum atomic E-state index is 0.620. The van der Waals surface area contributed by atoms with Crippen LogP contribution in [-0.4, -0.2) is 13.2 Å². The third kappa shape index (κ3) is 4.04. The Morgan fingerprint density at radius 1 is 1.18 bits per heavy atom. The number of benzene rings is 1. The molecule has 0 fully saturated rings. The molecular weight excluding hydrogens is 254 g/mol. The first kappa shape index (κ1) is 12.4. The quantitative estimate of drug-likeness (QED) is 0.808. The van der Waals surface area contributed by atoms with Gasteiger partial charge in [-0.25, -0.2) is 0 Å². The van der Waals surface area contributed by atoms with E-state index in [1.54, 1.807) is 11.3 Å². The number of thiophene rings is 1. The summed E-state index contributed by atoms with van der Waals surface area (Å²) in [5, 5.41) is 6.06. The molecule has 0 radical (unpaired) electrons. The maximum absolute atomic E-state index is 5.97. The second-order valence-corrected chi connectivity index (χ2v) is 4.97. The van der Waals surface area contributed by atoms with Crippen molar-refractivity contribution >= 4 is 22.9 Å². The van der Waals surface area contributed by atoms with Crippen molar-refractivity contribution in [1.29, 1.82) is 0 Å². The summed E-state index contributed by atoms with van der Waals surface area (Å²) in [7, 11) is 0. The molecule has 0 aliphatic heterocycles. The second kappa shape index (κ2) is 6.64. The first-order valence-corrected chi connectivity index (χ1v) is 6.72. The number of halogens is 1. The Hall–Kier alpha value is -1.03. The molecule has 0 aliphatic carbocycles. The van der Waals surface area contributed by atoms with Gasteiger partial charge in [-0.15, -0.1) is 11.3 Å². The van der Waals surface area contributed by atoms with Crippen LogP contribution in [0.4, 0.5) is 0 Å². The van der Waals surface area contributed by atoms with Crippen molar-refractivity contribution in [3.8, 4) is 5.75 Å². The first-order chi connectivity index (χ1) is 8.36. The van der Waals surface area contributed by atoms with Crippen LogP contribution in [0.15, 0.2) is 41.8 Å². The molecule has 1 N–H and O–H groups in total. The Morgan fingerprint density at radius 3 is 2.82 bits per heavy atom. The van der Waals surface area contributed by atoms with Crippen LogP contribution in [0.5, 0.6) is 5.75 Å². The molecule has 0 atom stereocenters. The summed E-state index contributed by atoms with van der Waals surface area (Å²) in [4.78, 5) is 1.34. The van der Waals surface area contributed by atoms with Crippen LogP contribution in [0.3, 0.4) is 0 Å². The average Bonchev–Trinajstić information content (AvgIpc) is 2.84. The predicted molar refractivity (Wildman–Crippen MR) is 73.0 cm³/mol. The SMILES string of the molecule is Clc1ccccc1OCCNCc1cccs1. The predicted octanol–water partition coefficient (Wildman–Crippen LogP) is 3.57. The van der Waals surface area contributed by atoms with Crippen LogP contribution in [0.1, 0.15) is 4.88 Å². The van der Waals surface area contributed by atoms with Gasteiger partial charge in [0.05, 0.1) is 5.02 Å². The van der Waals surface area contributed by atoms with Crippen molar-refractivity contribution in [2.75, 3.05) is 13.2 Å². The van der Waals surface area contributed by atoms with Gasteiger partial charge in [-0.2, -0.15) is 0 Å². The van der Waals surface area contributed by atoms with Gasteiger partial charge in [0.1, 0.15) is 12.4 Å². The summed E-state index contributed by atoms with van der Waals surface area (Å²) in [6, 6.07) is 11.7. The molecule has 2 nitrogen and oxygen atoms in total. The third-order valence-corrected chi connectivity index (χ3v) is 3.44. The van der Waals surface area contributed by atoms with E-state index in [9.17, 15) is 0 Å². The van der Waals surface area contributed by atoms with Gasteiger partial charge in [-0.1, -0.05) is 29.8 Å². The number of rotatable bonds is 6. The molecule has 0 aliphatic rings. The Bertz CT molecular complexity index is 444. The molecular formula is C13H14ClNOS.